The van der Waals surface area contributed by atoms with Crippen LogP contribution in [0.2, 0.25) is 5.02 Å². The molecule has 0 N–H and O–H groups in total. The molecule has 0 spiro atoms. The third-order valence-electron chi connectivity index (χ3n) is 3.72. The van der Waals surface area contributed by atoms with Crippen LogP contribution in [0, 0.1) is 29.4 Å². The van der Waals surface area contributed by atoms with Gasteiger partial charge in [-0.1, -0.05) is 65.4 Å². The lowest BCUT2D eigenvalue weighted by Crippen LogP contribution is -1.81. The number of halogens is 1. The van der Waals surface area contributed by atoms with E-state index in [0.29, 0.717) is 5.02 Å². The molecule has 0 saturated carbocycles. The van der Waals surface area contributed by atoms with Crippen molar-refractivity contribution in [3.05, 3.63) is 88.4 Å². The summed E-state index contributed by atoms with van der Waals surface area (Å²) in [6.07, 6.45) is 0. The first-order valence-electron chi connectivity index (χ1n) is 7.70. The molecule has 0 atom stereocenters. The van der Waals surface area contributed by atoms with Crippen LogP contribution in [0.1, 0.15) is 16.7 Å². The number of hydrogen-bond acceptors (Lipinski definition) is 2. The van der Waals surface area contributed by atoms with Crippen LogP contribution in [0.15, 0.2) is 71.6 Å². The molecule has 0 bridgehead atoms. The second-order valence-electron chi connectivity index (χ2n) is 5.53. The molecule has 3 rings (SSSR count). The fourth-order valence-electron chi connectivity index (χ4n) is 2.34. The van der Waals surface area contributed by atoms with Gasteiger partial charge in [-0.15, -0.1) is 0 Å². The standard InChI is InChI=1S/C22H14ClNS/c1-16-2-7-18(8-3-16)19-9-4-17(5-10-19)6-11-20-12-13-21(25-15-24)14-22(20)23/h2-5,7-10,12-14H,1H3. The van der Waals surface area contributed by atoms with Crippen molar-refractivity contribution in [1.82, 2.24) is 0 Å². The molecule has 0 aliphatic carbocycles. The number of rotatable bonds is 2. The van der Waals surface area contributed by atoms with E-state index in [9.17, 15) is 0 Å². The second kappa shape index (κ2) is 7.95. The van der Waals surface area contributed by atoms with Crippen LogP contribution in [0.4, 0.5) is 0 Å². The SMILES string of the molecule is Cc1ccc(-c2ccc(C#Cc3ccc(SC#N)cc3Cl)cc2)cc1. The van der Waals surface area contributed by atoms with Gasteiger partial charge in [0.1, 0.15) is 5.40 Å². The lowest BCUT2D eigenvalue weighted by Gasteiger charge is -2.02. The van der Waals surface area contributed by atoms with Crippen LogP contribution in [-0.4, -0.2) is 0 Å². The van der Waals surface area contributed by atoms with Gasteiger partial charge in [-0.2, -0.15) is 5.26 Å². The Hall–Kier alpha value is -2.65. The lowest BCUT2D eigenvalue weighted by molar-refractivity contribution is 1.45. The van der Waals surface area contributed by atoms with Gasteiger partial charge in [-0.3, -0.25) is 0 Å². The van der Waals surface area contributed by atoms with Gasteiger partial charge in [0.15, 0.2) is 0 Å². The smallest absolute Gasteiger partial charge is 0.138 e. The van der Waals surface area contributed by atoms with E-state index in [1.165, 1.54) is 16.7 Å². The van der Waals surface area contributed by atoms with E-state index in [4.69, 9.17) is 16.9 Å². The Morgan fingerprint density at radius 1 is 0.840 bits per heavy atom. The van der Waals surface area contributed by atoms with Crippen molar-refractivity contribution in [2.24, 2.45) is 0 Å². The van der Waals surface area contributed by atoms with Crippen LogP contribution in [0.3, 0.4) is 0 Å². The van der Waals surface area contributed by atoms with Gasteiger partial charge in [0.25, 0.3) is 0 Å². The molecule has 0 aromatic heterocycles. The van der Waals surface area contributed by atoms with Crippen molar-refractivity contribution in [2.45, 2.75) is 11.8 Å². The fourth-order valence-corrected chi connectivity index (χ4v) is 3.06. The minimum Gasteiger partial charge on any atom is -0.185 e. The molecular formula is C22H14ClNS. The van der Waals surface area contributed by atoms with E-state index in [1.807, 2.05) is 29.7 Å². The lowest BCUT2D eigenvalue weighted by atomic mass is 10.0. The molecule has 0 amide bonds. The van der Waals surface area contributed by atoms with E-state index >= 15 is 0 Å². The number of thiocyanates is 1. The summed E-state index contributed by atoms with van der Waals surface area (Å²) in [6, 6.07) is 22.1. The van der Waals surface area contributed by atoms with Crippen molar-refractivity contribution in [3.8, 4) is 28.4 Å². The highest BCUT2D eigenvalue weighted by Gasteiger charge is 2.00. The highest BCUT2D eigenvalue weighted by molar-refractivity contribution is 8.03. The van der Waals surface area contributed by atoms with E-state index < -0.39 is 0 Å². The molecule has 3 heteroatoms. The minimum absolute atomic E-state index is 0.559. The summed E-state index contributed by atoms with van der Waals surface area (Å²) >= 11 is 7.31. The minimum atomic E-state index is 0.559. The highest BCUT2D eigenvalue weighted by Crippen LogP contribution is 2.24. The summed E-state index contributed by atoms with van der Waals surface area (Å²) in [5.41, 5.74) is 5.30. The van der Waals surface area contributed by atoms with Gasteiger partial charge >= 0.3 is 0 Å². The fraction of sp³-hybridized carbons (Fsp3) is 0.0455. The highest BCUT2D eigenvalue weighted by atomic mass is 35.5. The Bertz CT molecular complexity index is 987. The Kier molecular flexibility index (Phi) is 5.46. The molecule has 0 radical (unpaired) electrons. The van der Waals surface area contributed by atoms with Crippen LogP contribution in [0.25, 0.3) is 11.1 Å². The van der Waals surface area contributed by atoms with Gasteiger partial charge in [0, 0.05) is 16.0 Å². The van der Waals surface area contributed by atoms with Gasteiger partial charge in [-0.05, 0) is 60.1 Å². The maximum atomic E-state index is 8.69. The topological polar surface area (TPSA) is 23.8 Å². The average Bonchev–Trinajstić information content (AvgIpc) is 2.62. The first-order valence-corrected chi connectivity index (χ1v) is 8.90. The predicted molar refractivity (Wildman–Crippen MR) is 106 cm³/mol. The summed E-state index contributed by atoms with van der Waals surface area (Å²) < 4.78 is 0. The molecule has 1 nitrogen and oxygen atoms in total. The average molecular weight is 360 g/mol. The third kappa shape index (κ3) is 4.46. The van der Waals surface area contributed by atoms with Crippen LogP contribution < -0.4 is 0 Å². The van der Waals surface area contributed by atoms with E-state index in [1.54, 1.807) is 6.07 Å². The zero-order valence-corrected chi connectivity index (χ0v) is 15.2. The van der Waals surface area contributed by atoms with E-state index in [2.05, 4.69) is 55.2 Å². The van der Waals surface area contributed by atoms with Crippen molar-refractivity contribution < 1.29 is 0 Å². The van der Waals surface area contributed by atoms with Gasteiger partial charge in [-0.25, -0.2) is 0 Å². The monoisotopic (exact) mass is 359 g/mol. The van der Waals surface area contributed by atoms with Crippen molar-refractivity contribution >= 4 is 23.4 Å². The number of hydrogen-bond donors (Lipinski definition) is 0. The molecule has 120 valence electrons. The molecular weight excluding hydrogens is 346 g/mol. The zero-order chi connectivity index (χ0) is 17.6. The van der Waals surface area contributed by atoms with Crippen molar-refractivity contribution in [1.29, 1.82) is 5.26 Å². The molecule has 0 unspecified atom stereocenters. The molecule has 0 aliphatic rings. The Labute approximate surface area is 157 Å². The summed E-state index contributed by atoms with van der Waals surface area (Å²) in [5.74, 6) is 6.23. The van der Waals surface area contributed by atoms with Crippen LogP contribution in [-0.2, 0) is 0 Å². The number of nitrogens with zero attached hydrogens (tertiary/aromatic N) is 1. The zero-order valence-electron chi connectivity index (χ0n) is 13.6. The number of nitriles is 1. The molecule has 25 heavy (non-hydrogen) atoms. The third-order valence-corrected chi connectivity index (χ3v) is 4.61. The first kappa shape index (κ1) is 17.2. The summed E-state index contributed by atoms with van der Waals surface area (Å²) in [5, 5.41) is 11.3. The van der Waals surface area contributed by atoms with Crippen molar-refractivity contribution in [2.75, 3.05) is 0 Å². The number of aryl methyl sites for hydroxylation is 1. The molecule has 0 fully saturated rings. The quantitative estimate of drug-likeness (QED) is 0.305. The first-order chi connectivity index (χ1) is 12.2. The Balaban J connectivity index is 1.80. The van der Waals surface area contributed by atoms with E-state index in [-0.39, 0.29) is 0 Å². The Morgan fingerprint density at radius 2 is 1.48 bits per heavy atom. The largest absolute Gasteiger partial charge is 0.185 e. The van der Waals surface area contributed by atoms with Gasteiger partial charge < -0.3 is 0 Å². The second-order valence-corrected chi connectivity index (χ2v) is 6.79. The van der Waals surface area contributed by atoms with Gasteiger partial charge in [0.05, 0.1) is 5.02 Å². The summed E-state index contributed by atoms with van der Waals surface area (Å²) in [7, 11) is 0. The normalized spacial score (nSPS) is 9.80. The predicted octanol–water partition coefficient (Wildman–Crippen LogP) is 6.29. The maximum absolute atomic E-state index is 8.69. The summed E-state index contributed by atoms with van der Waals surface area (Å²) in [4.78, 5) is 0.820. The van der Waals surface area contributed by atoms with Crippen LogP contribution >= 0.6 is 23.4 Å². The summed E-state index contributed by atoms with van der Waals surface area (Å²) in [6.45, 7) is 2.08. The van der Waals surface area contributed by atoms with Crippen molar-refractivity contribution in [3.63, 3.8) is 0 Å². The van der Waals surface area contributed by atoms with Crippen LogP contribution in [0.5, 0.6) is 0 Å². The maximum Gasteiger partial charge on any atom is 0.138 e. The molecule has 3 aromatic rings. The van der Waals surface area contributed by atoms with Gasteiger partial charge in [0.2, 0.25) is 0 Å². The molecule has 3 aromatic carbocycles. The molecule has 0 heterocycles. The number of thioether (sulfide) groups is 1. The van der Waals surface area contributed by atoms with E-state index in [0.717, 1.165) is 27.8 Å². The molecule has 0 aliphatic heterocycles. The number of benzene rings is 3. The Morgan fingerprint density at radius 3 is 2.08 bits per heavy atom. The molecule has 0 saturated heterocycles.